The van der Waals surface area contributed by atoms with Crippen LogP contribution in [0.4, 0.5) is 38.0 Å². The molecule has 2 aromatic heterocycles. The van der Waals surface area contributed by atoms with Gasteiger partial charge in [-0.05, 0) is 5.56 Å². The highest BCUT2D eigenvalue weighted by Crippen LogP contribution is 2.29. The lowest BCUT2D eigenvalue weighted by atomic mass is 9.98. The third-order valence-corrected chi connectivity index (χ3v) is 10.3. The summed E-state index contributed by atoms with van der Waals surface area (Å²) in [6, 6.07) is 5.70. The van der Waals surface area contributed by atoms with Gasteiger partial charge in [-0.25, -0.2) is 9.97 Å². The Bertz CT molecular complexity index is 2020. The molecule has 0 spiro atoms. The molecule has 0 unspecified atom stereocenters. The Morgan fingerprint density at radius 2 is 1.13 bits per heavy atom. The van der Waals surface area contributed by atoms with Gasteiger partial charge in [0.1, 0.15) is 61.3 Å². The molecule has 9 N–H and O–H groups in total. The lowest BCUT2D eigenvalue weighted by molar-refractivity contribution is -0.148. The minimum Gasteiger partial charge on any atom is -0.460 e. The minimum atomic E-state index is -4.76. The van der Waals surface area contributed by atoms with Gasteiger partial charge in [0.05, 0.1) is 82.6 Å². The number of aliphatic hydroxyl groups is 4. The summed E-state index contributed by atoms with van der Waals surface area (Å²) in [6.45, 7) is -2.00. The molecule has 0 bridgehead atoms. The first-order valence-electron chi connectivity index (χ1n) is 21.2. The van der Waals surface area contributed by atoms with E-state index in [2.05, 4.69) is 46.5 Å². The highest BCUT2D eigenvalue weighted by Gasteiger charge is 2.41. The highest BCUT2D eigenvalue weighted by molar-refractivity contribution is 5.94. The van der Waals surface area contributed by atoms with Crippen molar-refractivity contribution in [3.05, 3.63) is 72.1 Å². The molecule has 380 valence electrons. The van der Waals surface area contributed by atoms with Crippen molar-refractivity contribution in [1.82, 2.24) is 35.9 Å². The van der Waals surface area contributed by atoms with Gasteiger partial charge in [0.25, 0.3) is 0 Å². The van der Waals surface area contributed by atoms with E-state index in [1.54, 1.807) is 30.3 Å². The number of nitrogens with one attached hydrogen (secondary N) is 5. The average Bonchev–Trinajstić information content (AvgIpc) is 3.31. The van der Waals surface area contributed by atoms with Gasteiger partial charge in [0.15, 0.2) is 11.4 Å². The molecule has 69 heavy (non-hydrogen) atoms. The summed E-state index contributed by atoms with van der Waals surface area (Å²) in [6.07, 6.45) is -16.0. The van der Waals surface area contributed by atoms with E-state index in [0.717, 1.165) is 12.4 Å². The van der Waals surface area contributed by atoms with Crippen LogP contribution in [0.1, 0.15) is 36.2 Å². The number of amides is 3. The second kappa shape index (κ2) is 25.6. The predicted molar refractivity (Wildman–Crippen MR) is 222 cm³/mol. The Hall–Kier alpha value is -5.88. The quantitative estimate of drug-likeness (QED) is 0.0250. The molecular formula is C41H51F6N9O13. The topological polar surface area (TPSA) is 307 Å². The van der Waals surface area contributed by atoms with Gasteiger partial charge in [-0.1, -0.05) is 30.3 Å². The Kier molecular flexibility index (Phi) is 20.1. The molecular weight excluding hydrogens is 940 g/mol. The zero-order valence-corrected chi connectivity index (χ0v) is 36.4. The van der Waals surface area contributed by atoms with E-state index in [9.17, 15) is 65.9 Å². The van der Waals surface area contributed by atoms with Crippen LogP contribution in [0.2, 0.25) is 0 Å². The number of anilines is 2. The van der Waals surface area contributed by atoms with E-state index in [4.69, 9.17) is 23.7 Å². The monoisotopic (exact) mass is 991 g/mol. The number of hydrogen-bond donors (Lipinski definition) is 9. The molecule has 1 aromatic carbocycles. The summed E-state index contributed by atoms with van der Waals surface area (Å²) in [5.41, 5.74) is -1.84. The lowest BCUT2D eigenvalue weighted by Crippen LogP contribution is -2.58. The minimum absolute atomic E-state index is 0.0706. The number of alkyl halides is 6. The molecule has 28 heteroatoms. The summed E-state index contributed by atoms with van der Waals surface area (Å²) in [5.74, 6) is -3.32. The first-order valence-corrected chi connectivity index (χ1v) is 21.2. The first kappa shape index (κ1) is 54.1. The number of carbonyl (C=O) groups excluding carboxylic acids is 4. The smallest absolute Gasteiger partial charge is 0.434 e. The summed E-state index contributed by atoms with van der Waals surface area (Å²) >= 11 is 0. The van der Waals surface area contributed by atoms with Crippen LogP contribution in [-0.4, -0.2) is 172 Å². The molecule has 5 rings (SSSR count). The van der Waals surface area contributed by atoms with Crippen LogP contribution in [0.3, 0.4) is 0 Å². The van der Waals surface area contributed by atoms with E-state index >= 15 is 0 Å². The van der Waals surface area contributed by atoms with Crippen LogP contribution in [0.25, 0.3) is 0 Å². The van der Waals surface area contributed by atoms with Crippen molar-refractivity contribution in [3.63, 3.8) is 0 Å². The average molecular weight is 992 g/mol. The van der Waals surface area contributed by atoms with E-state index in [-0.39, 0.29) is 83.8 Å². The molecule has 22 nitrogen and oxygen atoms in total. The number of halogens is 6. The van der Waals surface area contributed by atoms with Crippen LogP contribution in [0.5, 0.6) is 0 Å². The summed E-state index contributed by atoms with van der Waals surface area (Å²) < 4.78 is 106. The molecule has 3 aromatic rings. The van der Waals surface area contributed by atoms with Crippen molar-refractivity contribution in [3.8, 4) is 0 Å². The van der Waals surface area contributed by atoms with Gasteiger partial charge in [-0.3, -0.25) is 29.1 Å². The van der Waals surface area contributed by atoms with Crippen molar-refractivity contribution >= 4 is 35.3 Å². The molecule has 3 amide bonds. The van der Waals surface area contributed by atoms with Crippen molar-refractivity contribution in [2.24, 2.45) is 0 Å². The second-order valence-corrected chi connectivity index (χ2v) is 15.6. The highest BCUT2D eigenvalue weighted by atomic mass is 19.4. The molecule has 2 aliphatic heterocycles. The van der Waals surface area contributed by atoms with Crippen LogP contribution in [0.15, 0.2) is 55.1 Å². The fraction of sp³-hybridized carbons (Fsp3) is 0.561. The normalized spacial score (nSPS) is 22.9. The maximum atomic E-state index is 13.0. The van der Waals surface area contributed by atoms with Gasteiger partial charge in [-0.2, -0.15) is 26.3 Å². The number of rotatable bonds is 23. The van der Waals surface area contributed by atoms with Crippen LogP contribution >= 0.6 is 0 Å². The fourth-order valence-electron chi connectivity index (χ4n) is 6.62. The maximum Gasteiger partial charge on any atom is 0.434 e. The predicted octanol–water partition coefficient (Wildman–Crippen LogP) is -0.529. The molecule has 0 aliphatic carbocycles. The third-order valence-electron chi connectivity index (χ3n) is 10.3. The van der Waals surface area contributed by atoms with Crippen molar-refractivity contribution in [2.75, 3.05) is 63.4 Å². The van der Waals surface area contributed by atoms with E-state index in [0.29, 0.717) is 18.0 Å². The Morgan fingerprint density at radius 1 is 0.667 bits per heavy atom. The van der Waals surface area contributed by atoms with E-state index in [1.165, 1.54) is 0 Å². The van der Waals surface area contributed by atoms with Crippen LogP contribution in [-0.2, 0) is 61.8 Å². The lowest BCUT2D eigenvalue weighted by Gasteiger charge is -2.38. The van der Waals surface area contributed by atoms with Gasteiger partial charge in [0, 0.05) is 25.9 Å². The molecule has 0 radical (unpaired) electrons. The van der Waals surface area contributed by atoms with Crippen molar-refractivity contribution in [2.45, 2.75) is 93.0 Å². The SMILES string of the molecule is O=C(CCOCC(COCCC(=O)NC[C@H]1OC[C@H](Nc2cncc(C(F)(F)F)n2)[C@@H](O)[C@H]1O)NC(=O)CC(=O)OCc1ccccc1)NC[C@H]1OC[C@H](Nc2cncc(C(F)(F)F)n2)[C@@H](O)[C@H]1O. The number of carbonyl (C=O) groups is 4. The van der Waals surface area contributed by atoms with Gasteiger partial charge < -0.3 is 70.7 Å². The largest absolute Gasteiger partial charge is 0.460 e. The number of benzene rings is 1. The number of aliphatic hydroxyl groups excluding tert-OH is 4. The summed E-state index contributed by atoms with van der Waals surface area (Å²) in [5, 5.41) is 55.1. The van der Waals surface area contributed by atoms with E-state index in [1.807, 2.05) is 0 Å². The van der Waals surface area contributed by atoms with Crippen molar-refractivity contribution in [1.29, 1.82) is 0 Å². The van der Waals surface area contributed by atoms with Gasteiger partial charge in [-0.15, -0.1) is 0 Å². The number of ether oxygens (including phenoxy) is 5. The number of hydrogen-bond acceptors (Lipinski definition) is 19. The number of nitrogens with zero attached hydrogens (tertiary/aromatic N) is 4. The fourth-order valence-corrected chi connectivity index (χ4v) is 6.62. The second-order valence-electron chi connectivity index (χ2n) is 15.6. The zero-order valence-electron chi connectivity index (χ0n) is 36.4. The molecule has 2 saturated heterocycles. The Balaban J connectivity index is 1.02. The maximum absolute atomic E-state index is 13.0. The van der Waals surface area contributed by atoms with Crippen molar-refractivity contribution < 1.29 is 89.6 Å². The zero-order chi connectivity index (χ0) is 50.1. The molecule has 2 aliphatic rings. The molecule has 2 fully saturated rings. The van der Waals surface area contributed by atoms with Crippen LogP contribution < -0.4 is 26.6 Å². The standard InChI is InChI=1S/C41H51F6N9O13/c42-40(43,44)28-13-48-15-30(55-28)53-24-20-67-26(38(63)36(24)61)11-50-32(57)6-8-65-18-23(52-34(59)10-35(60)69-17-22-4-2-1-3-5-22)19-66-9-7-33(58)51-12-27-39(64)37(62)25(21-68-27)54-31-16-49-14-29(56-31)41(45,46)47/h1-5,13-16,23-27,36-39,61-64H,6-12,17-21H2,(H,50,57)(H,51,58)(H,52,59)(H,53,55)(H,54,56)/t24-,25-,26+,27+,36+,37+,38-,39-/m0/s1. The number of aromatic nitrogens is 4. The summed E-state index contributed by atoms with van der Waals surface area (Å²) in [7, 11) is 0. The summed E-state index contributed by atoms with van der Waals surface area (Å²) in [4.78, 5) is 64.2. The Morgan fingerprint density at radius 3 is 1.58 bits per heavy atom. The van der Waals surface area contributed by atoms with Gasteiger partial charge in [0.2, 0.25) is 17.7 Å². The molecule has 0 saturated carbocycles. The molecule has 8 atom stereocenters. The number of esters is 1. The van der Waals surface area contributed by atoms with Crippen LogP contribution in [0, 0.1) is 0 Å². The van der Waals surface area contributed by atoms with E-state index < -0.39 is 109 Å². The first-order chi connectivity index (χ1) is 32.8. The third kappa shape index (κ3) is 17.5. The van der Waals surface area contributed by atoms with Gasteiger partial charge >= 0.3 is 18.3 Å². The Labute approximate surface area is 388 Å². The molecule has 4 heterocycles.